The van der Waals surface area contributed by atoms with E-state index in [4.69, 9.17) is 28.2 Å². The van der Waals surface area contributed by atoms with Gasteiger partial charge in [0.2, 0.25) is 0 Å². The van der Waals surface area contributed by atoms with Crippen molar-refractivity contribution in [3.8, 4) is 0 Å². The molecule has 3 heterocycles. The van der Waals surface area contributed by atoms with Crippen molar-refractivity contribution in [3.05, 3.63) is 46.2 Å². The number of nitrogens with one attached hydrogen (secondary N) is 1. The van der Waals surface area contributed by atoms with Crippen LogP contribution in [0.3, 0.4) is 0 Å². The van der Waals surface area contributed by atoms with Crippen molar-refractivity contribution >= 4 is 44.7 Å². The Labute approximate surface area is 212 Å². The maximum absolute atomic E-state index is 11.4. The van der Waals surface area contributed by atoms with Crippen LogP contribution in [0.1, 0.15) is 37.8 Å². The van der Waals surface area contributed by atoms with Gasteiger partial charge in [0.05, 0.1) is 24.2 Å². The molecule has 2 atom stereocenters. The van der Waals surface area contributed by atoms with Gasteiger partial charge < -0.3 is 15.1 Å². The summed E-state index contributed by atoms with van der Waals surface area (Å²) in [5, 5.41) is 4.64. The monoisotopic (exact) mass is 525 g/mol. The first kappa shape index (κ1) is 25.5. The molecule has 10 heteroatoms. The number of benzene rings is 1. The van der Waals surface area contributed by atoms with E-state index in [1.165, 1.54) is 19.1 Å². The average molecular weight is 527 g/mol. The van der Waals surface area contributed by atoms with Crippen LogP contribution in [0.25, 0.3) is 0 Å². The molecule has 1 aromatic heterocycles. The van der Waals surface area contributed by atoms with E-state index < -0.39 is 9.84 Å². The number of halogens is 2. The number of likely N-dealkylation sites (tertiary alicyclic amines) is 1. The zero-order valence-electron chi connectivity index (χ0n) is 19.8. The maximum atomic E-state index is 11.4. The van der Waals surface area contributed by atoms with E-state index in [2.05, 4.69) is 20.1 Å². The predicted octanol–water partition coefficient (Wildman–Crippen LogP) is 4.54. The minimum Gasteiger partial charge on any atom is -0.362 e. The number of rotatable bonds is 9. The molecule has 2 fully saturated rings. The molecule has 2 aromatic rings. The normalized spacial score (nSPS) is 20.7. The minimum atomic E-state index is -2.88. The highest BCUT2D eigenvalue weighted by atomic mass is 35.5. The molecule has 7 nitrogen and oxygen atoms in total. The van der Waals surface area contributed by atoms with Crippen molar-refractivity contribution in [2.45, 2.75) is 32.2 Å². The fourth-order valence-electron chi connectivity index (χ4n) is 4.96. The molecular formula is C24H33Cl2N5O2S. The smallest absolute Gasteiger partial charge is 0.149 e. The Morgan fingerprint density at radius 2 is 1.97 bits per heavy atom. The van der Waals surface area contributed by atoms with E-state index in [0.717, 1.165) is 50.5 Å². The first-order valence-corrected chi connectivity index (χ1v) is 14.7. The van der Waals surface area contributed by atoms with Crippen LogP contribution < -0.4 is 10.2 Å². The van der Waals surface area contributed by atoms with Gasteiger partial charge in [0.25, 0.3) is 0 Å². The third kappa shape index (κ3) is 6.74. The number of piperidine rings is 1. The standard InChI is InChI=1S/C24H33Cl2N5O2S/c1-17(21-7-6-20(25)11-22(21)26)28-23-12-27-13-24(29-23)31-15-19(16-31)18-5-3-8-30(14-18)9-4-10-34(2,32)33/h6-7,11-13,17-19H,3-5,8-10,14-16H2,1-2H3,(H,28,29)/t17-,18+/m1/s1. The third-order valence-electron chi connectivity index (χ3n) is 6.85. The molecule has 0 radical (unpaired) electrons. The number of hydrogen-bond donors (Lipinski definition) is 1. The molecule has 2 saturated heterocycles. The van der Waals surface area contributed by atoms with E-state index in [1.807, 2.05) is 25.3 Å². The SMILES string of the molecule is C[C@@H](Nc1cncc(N2CC([C@H]3CCCN(CCCS(C)(=O)=O)C3)C2)n1)c1ccc(Cl)cc1Cl. The van der Waals surface area contributed by atoms with Crippen LogP contribution in [0.5, 0.6) is 0 Å². The lowest BCUT2D eigenvalue weighted by molar-refractivity contribution is 0.120. The molecule has 2 aliphatic heterocycles. The van der Waals surface area contributed by atoms with Gasteiger partial charge in [-0.3, -0.25) is 4.98 Å². The lowest BCUT2D eigenvalue weighted by Crippen LogP contribution is -2.54. The van der Waals surface area contributed by atoms with Crippen LogP contribution in [-0.2, 0) is 9.84 Å². The molecule has 0 unspecified atom stereocenters. The average Bonchev–Trinajstić information content (AvgIpc) is 2.72. The zero-order valence-corrected chi connectivity index (χ0v) is 22.1. The first-order chi connectivity index (χ1) is 16.2. The second-order valence-corrected chi connectivity index (χ2v) is 12.7. The second kappa shape index (κ2) is 11.0. The van der Waals surface area contributed by atoms with Crippen molar-refractivity contribution in [2.24, 2.45) is 11.8 Å². The van der Waals surface area contributed by atoms with Gasteiger partial charge in [-0.15, -0.1) is 0 Å². The van der Waals surface area contributed by atoms with Gasteiger partial charge in [0.1, 0.15) is 21.5 Å². The highest BCUT2D eigenvalue weighted by Gasteiger charge is 2.36. The Morgan fingerprint density at radius 1 is 1.18 bits per heavy atom. The number of aromatic nitrogens is 2. The summed E-state index contributed by atoms with van der Waals surface area (Å²) >= 11 is 12.4. The quantitative estimate of drug-likeness (QED) is 0.514. The fourth-order valence-corrected chi connectivity index (χ4v) is 6.18. The summed E-state index contributed by atoms with van der Waals surface area (Å²) in [6, 6.07) is 5.47. The number of nitrogens with zero attached hydrogens (tertiary/aromatic N) is 4. The Bertz CT molecular complexity index is 1090. The number of hydrogen-bond acceptors (Lipinski definition) is 7. The second-order valence-electron chi connectivity index (χ2n) is 9.65. The predicted molar refractivity (Wildman–Crippen MR) is 140 cm³/mol. The molecule has 186 valence electrons. The minimum absolute atomic E-state index is 0.0330. The maximum Gasteiger partial charge on any atom is 0.149 e. The Morgan fingerprint density at radius 3 is 2.71 bits per heavy atom. The molecule has 34 heavy (non-hydrogen) atoms. The van der Waals surface area contributed by atoms with Crippen LogP contribution in [0.15, 0.2) is 30.6 Å². The molecule has 1 N–H and O–H groups in total. The molecule has 1 aromatic carbocycles. The molecular weight excluding hydrogens is 493 g/mol. The van der Waals surface area contributed by atoms with Crippen molar-refractivity contribution in [1.29, 1.82) is 0 Å². The summed E-state index contributed by atoms with van der Waals surface area (Å²) < 4.78 is 22.8. The first-order valence-electron chi connectivity index (χ1n) is 11.9. The molecule has 0 saturated carbocycles. The highest BCUT2D eigenvalue weighted by molar-refractivity contribution is 7.90. The van der Waals surface area contributed by atoms with E-state index in [1.54, 1.807) is 12.3 Å². The van der Waals surface area contributed by atoms with Gasteiger partial charge >= 0.3 is 0 Å². The summed E-state index contributed by atoms with van der Waals surface area (Å²) in [6.07, 6.45) is 8.02. The Balaban J connectivity index is 1.28. The highest BCUT2D eigenvalue weighted by Crippen LogP contribution is 2.34. The summed E-state index contributed by atoms with van der Waals surface area (Å²) in [4.78, 5) is 13.9. The fraction of sp³-hybridized carbons (Fsp3) is 0.583. The van der Waals surface area contributed by atoms with Crippen molar-refractivity contribution < 1.29 is 8.42 Å². The molecule has 2 aliphatic rings. The van der Waals surface area contributed by atoms with Crippen LogP contribution in [-0.4, -0.2) is 68.0 Å². The van der Waals surface area contributed by atoms with Gasteiger partial charge in [-0.1, -0.05) is 29.3 Å². The Kier molecular flexibility index (Phi) is 8.23. The van der Waals surface area contributed by atoms with Crippen molar-refractivity contribution in [2.75, 3.05) is 54.9 Å². The molecule has 0 amide bonds. The van der Waals surface area contributed by atoms with Crippen LogP contribution in [0, 0.1) is 11.8 Å². The van der Waals surface area contributed by atoms with Gasteiger partial charge in [-0.05, 0) is 68.8 Å². The van der Waals surface area contributed by atoms with Crippen LogP contribution in [0.2, 0.25) is 10.0 Å². The molecule has 0 bridgehead atoms. The number of sulfone groups is 1. The molecule has 0 spiro atoms. The third-order valence-corrected chi connectivity index (χ3v) is 8.44. The lowest BCUT2D eigenvalue weighted by Gasteiger charge is -2.47. The van der Waals surface area contributed by atoms with Gasteiger partial charge in [0, 0.05) is 35.9 Å². The summed E-state index contributed by atoms with van der Waals surface area (Å²) in [5.74, 6) is 3.18. The topological polar surface area (TPSA) is 78.4 Å². The summed E-state index contributed by atoms with van der Waals surface area (Å²) in [5.41, 5.74) is 0.959. The van der Waals surface area contributed by atoms with E-state index in [0.29, 0.717) is 27.7 Å². The van der Waals surface area contributed by atoms with E-state index in [9.17, 15) is 8.42 Å². The van der Waals surface area contributed by atoms with Gasteiger partial charge in [-0.25, -0.2) is 13.4 Å². The van der Waals surface area contributed by atoms with E-state index >= 15 is 0 Å². The van der Waals surface area contributed by atoms with Gasteiger partial charge in [-0.2, -0.15) is 0 Å². The van der Waals surface area contributed by atoms with Crippen LogP contribution in [0.4, 0.5) is 11.6 Å². The molecule has 0 aliphatic carbocycles. The zero-order chi connectivity index (χ0) is 24.3. The largest absolute Gasteiger partial charge is 0.362 e. The van der Waals surface area contributed by atoms with Gasteiger partial charge in [0.15, 0.2) is 0 Å². The van der Waals surface area contributed by atoms with Crippen molar-refractivity contribution in [3.63, 3.8) is 0 Å². The van der Waals surface area contributed by atoms with E-state index in [-0.39, 0.29) is 11.8 Å². The van der Waals surface area contributed by atoms with Crippen LogP contribution >= 0.6 is 23.2 Å². The molecule has 4 rings (SSSR count). The summed E-state index contributed by atoms with van der Waals surface area (Å²) in [7, 11) is -2.88. The van der Waals surface area contributed by atoms with Crippen molar-refractivity contribution in [1.82, 2.24) is 14.9 Å². The lowest BCUT2D eigenvalue weighted by atomic mass is 9.80. The summed E-state index contributed by atoms with van der Waals surface area (Å²) in [6.45, 7) is 7.01. The Hall–Kier alpha value is -1.61. The number of anilines is 2.